The predicted octanol–water partition coefficient (Wildman–Crippen LogP) is 0.814. The van der Waals surface area contributed by atoms with Gasteiger partial charge in [-0.3, -0.25) is 9.31 Å². The second-order valence-corrected chi connectivity index (χ2v) is 4.83. The Morgan fingerprint density at radius 1 is 1.45 bits per heavy atom. The molecular formula is C11H11N4O4S-. The molecule has 1 unspecified atom stereocenters. The quantitative estimate of drug-likeness (QED) is 0.330. The van der Waals surface area contributed by atoms with Gasteiger partial charge in [0.05, 0.1) is 5.69 Å². The van der Waals surface area contributed by atoms with E-state index < -0.39 is 17.2 Å². The highest BCUT2D eigenvalue weighted by molar-refractivity contribution is 7.78. The average Bonchev–Trinajstić information content (AvgIpc) is 2.87. The summed E-state index contributed by atoms with van der Waals surface area (Å²) in [6.07, 6.45) is -1.32. The van der Waals surface area contributed by atoms with E-state index in [4.69, 9.17) is 10.9 Å². The van der Waals surface area contributed by atoms with Gasteiger partial charge in [0.15, 0.2) is 5.82 Å². The van der Waals surface area contributed by atoms with Crippen LogP contribution < -0.4 is 10.9 Å². The van der Waals surface area contributed by atoms with E-state index in [2.05, 4.69) is 10.2 Å². The maximum Gasteiger partial charge on any atom is 0.427 e. The SMILES string of the molecule is NN(C(=O)O)c1cc(-c2ccc(CS(=O)[O-])cc2)[nH]n1. The van der Waals surface area contributed by atoms with E-state index in [1.165, 1.54) is 6.07 Å². The first-order valence-corrected chi connectivity index (χ1v) is 6.70. The summed E-state index contributed by atoms with van der Waals surface area (Å²) in [5.41, 5.74) is 1.97. The molecule has 2 aromatic rings. The molecule has 0 fully saturated rings. The van der Waals surface area contributed by atoms with Gasteiger partial charge in [-0.25, -0.2) is 10.6 Å². The molecule has 0 radical (unpaired) electrons. The first-order valence-electron chi connectivity index (χ1n) is 5.45. The maximum absolute atomic E-state index is 10.7. The molecule has 4 N–H and O–H groups in total. The summed E-state index contributed by atoms with van der Waals surface area (Å²) in [6.45, 7) is 0. The lowest BCUT2D eigenvalue weighted by Crippen LogP contribution is -2.36. The Bertz CT molecular complexity index is 640. The highest BCUT2D eigenvalue weighted by Gasteiger charge is 2.13. The minimum absolute atomic E-state index is 0.0515. The molecule has 0 aliphatic carbocycles. The van der Waals surface area contributed by atoms with Crippen LogP contribution in [0.1, 0.15) is 5.56 Å². The first kappa shape index (κ1) is 14.2. The van der Waals surface area contributed by atoms with Gasteiger partial charge in [0.2, 0.25) is 0 Å². The van der Waals surface area contributed by atoms with Gasteiger partial charge in [-0.05, 0) is 11.1 Å². The lowest BCUT2D eigenvalue weighted by atomic mass is 10.1. The van der Waals surface area contributed by atoms with Crippen LogP contribution in [0.25, 0.3) is 11.3 Å². The zero-order valence-corrected chi connectivity index (χ0v) is 11.0. The largest absolute Gasteiger partial charge is 0.772 e. The molecule has 0 spiro atoms. The fourth-order valence-electron chi connectivity index (χ4n) is 1.60. The summed E-state index contributed by atoms with van der Waals surface area (Å²) in [5.74, 6) is 5.31. The van der Waals surface area contributed by atoms with Crippen LogP contribution in [0.15, 0.2) is 30.3 Å². The predicted molar refractivity (Wildman–Crippen MR) is 71.3 cm³/mol. The molecule has 1 atom stereocenters. The van der Waals surface area contributed by atoms with Crippen LogP contribution in [0.3, 0.4) is 0 Å². The number of H-pyrrole nitrogens is 1. The van der Waals surface area contributed by atoms with Gasteiger partial charge in [0.1, 0.15) is 0 Å². The average molecular weight is 295 g/mol. The molecule has 1 heterocycles. The molecule has 106 valence electrons. The Labute approximate surface area is 116 Å². The number of nitrogens with one attached hydrogen (secondary N) is 1. The second kappa shape index (κ2) is 5.82. The minimum atomic E-state index is -2.13. The fourth-order valence-corrected chi connectivity index (χ4v) is 2.06. The van der Waals surface area contributed by atoms with E-state index in [9.17, 15) is 13.6 Å². The molecule has 1 aromatic carbocycles. The topological polar surface area (TPSA) is 135 Å². The van der Waals surface area contributed by atoms with Crippen LogP contribution in [0.2, 0.25) is 0 Å². The first-order chi connectivity index (χ1) is 9.47. The van der Waals surface area contributed by atoms with Crippen molar-refractivity contribution in [1.29, 1.82) is 0 Å². The van der Waals surface area contributed by atoms with E-state index in [0.29, 0.717) is 16.3 Å². The number of amides is 1. The number of nitrogens with zero attached hydrogens (tertiary/aromatic N) is 2. The Hall–Kier alpha value is -2.23. The molecule has 0 bridgehead atoms. The van der Waals surface area contributed by atoms with Crippen LogP contribution in [-0.2, 0) is 16.8 Å². The molecule has 0 saturated carbocycles. The summed E-state index contributed by atoms with van der Waals surface area (Å²) >= 11 is -2.13. The number of benzene rings is 1. The number of hydrazine groups is 1. The van der Waals surface area contributed by atoms with Gasteiger partial charge in [-0.1, -0.05) is 35.3 Å². The molecule has 1 amide bonds. The van der Waals surface area contributed by atoms with E-state index in [-0.39, 0.29) is 11.6 Å². The Balaban J connectivity index is 2.20. The number of anilines is 1. The number of aromatic nitrogens is 2. The number of hydrogen-bond donors (Lipinski definition) is 3. The van der Waals surface area contributed by atoms with Gasteiger partial charge >= 0.3 is 6.09 Å². The van der Waals surface area contributed by atoms with Crippen molar-refractivity contribution in [1.82, 2.24) is 10.2 Å². The van der Waals surface area contributed by atoms with Crippen molar-refractivity contribution in [3.05, 3.63) is 35.9 Å². The molecule has 0 aliphatic rings. The summed E-state index contributed by atoms with van der Waals surface area (Å²) < 4.78 is 21.1. The third-order valence-corrected chi connectivity index (χ3v) is 3.14. The van der Waals surface area contributed by atoms with Crippen molar-refractivity contribution < 1.29 is 18.7 Å². The fraction of sp³-hybridized carbons (Fsp3) is 0.0909. The molecule has 1 aromatic heterocycles. The summed E-state index contributed by atoms with van der Waals surface area (Å²) in [6, 6.07) is 8.24. The smallest absolute Gasteiger partial charge is 0.427 e. The van der Waals surface area contributed by atoms with Crippen molar-refractivity contribution >= 4 is 23.0 Å². The van der Waals surface area contributed by atoms with E-state index >= 15 is 0 Å². The summed E-state index contributed by atoms with van der Waals surface area (Å²) in [5, 5.41) is 15.7. The number of carboxylic acid groups (broad SMARTS) is 1. The summed E-state index contributed by atoms with van der Waals surface area (Å²) in [4.78, 5) is 10.7. The Morgan fingerprint density at radius 3 is 2.65 bits per heavy atom. The zero-order chi connectivity index (χ0) is 14.7. The molecular weight excluding hydrogens is 284 g/mol. The lowest BCUT2D eigenvalue weighted by molar-refractivity contribution is 0.201. The molecule has 0 aliphatic heterocycles. The van der Waals surface area contributed by atoms with E-state index in [1.54, 1.807) is 24.3 Å². The van der Waals surface area contributed by atoms with Gasteiger partial charge in [0.25, 0.3) is 0 Å². The standard InChI is InChI=1S/C11H12N4O4S/c12-15(11(16)17)10-5-9(13-14-10)8-3-1-7(2-4-8)6-20(18)19/h1-5H,6,12H2,(H,13,14)(H,16,17)(H,18,19)/p-1. The molecule has 20 heavy (non-hydrogen) atoms. The van der Waals surface area contributed by atoms with Gasteiger partial charge in [-0.2, -0.15) is 10.1 Å². The normalized spacial score (nSPS) is 12.1. The van der Waals surface area contributed by atoms with Gasteiger partial charge in [0, 0.05) is 11.8 Å². The van der Waals surface area contributed by atoms with Crippen molar-refractivity contribution in [3.8, 4) is 11.3 Å². The Kier molecular flexibility index (Phi) is 4.13. The molecule has 8 nitrogen and oxygen atoms in total. The zero-order valence-electron chi connectivity index (χ0n) is 10.1. The Morgan fingerprint density at radius 2 is 2.10 bits per heavy atom. The number of rotatable bonds is 4. The van der Waals surface area contributed by atoms with E-state index in [0.717, 1.165) is 5.56 Å². The van der Waals surface area contributed by atoms with Gasteiger partial charge < -0.3 is 9.66 Å². The molecule has 9 heteroatoms. The van der Waals surface area contributed by atoms with Crippen LogP contribution >= 0.6 is 0 Å². The monoisotopic (exact) mass is 295 g/mol. The van der Waals surface area contributed by atoms with E-state index in [1.807, 2.05) is 0 Å². The molecule has 0 saturated heterocycles. The van der Waals surface area contributed by atoms with Crippen molar-refractivity contribution in [3.63, 3.8) is 0 Å². The van der Waals surface area contributed by atoms with Crippen LogP contribution in [0.5, 0.6) is 0 Å². The number of carbonyl (C=O) groups is 1. The van der Waals surface area contributed by atoms with Crippen LogP contribution in [-0.4, -0.2) is 30.2 Å². The second-order valence-electron chi connectivity index (χ2n) is 3.94. The highest BCUT2D eigenvalue weighted by Crippen LogP contribution is 2.21. The number of hydrogen-bond acceptors (Lipinski definition) is 5. The van der Waals surface area contributed by atoms with Crippen molar-refractivity contribution in [2.75, 3.05) is 5.01 Å². The third kappa shape index (κ3) is 3.20. The highest BCUT2D eigenvalue weighted by atomic mass is 32.2. The minimum Gasteiger partial charge on any atom is -0.772 e. The number of aromatic amines is 1. The molecule has 2 rings (SSSR count). The number of nitrogens with two attached hydrogens (primary N) is 1. The third-order valence-electron chi connectivity index (χ3n) is 2.57. The summed E-state index contributed by atoms with van der Waals surface area (Å²) in [7, 11) is 0. The van der Waals surface area contributed by atoms with Crippen LogP contribution in [0.4, 0.5) is 10.6 Å². The van der Waals surface area contributed by atoms with Gasteiger partial charge in [-0.15, -0.1) is 0 Å². The van der Waals surface area contributed by atoms with Crippen molar-refractivity contribution in [2.45, 2.75) is 5.75 Å². The van der Waals surface area contributed by atoms with Crippen LogP contribution in [0, 0.1) is 0 Å². The van der Waals surface area contributed by atoms with Crippen molar-refractivity contribution in [2.24, 2.45) is 5.84 Å². The lowest BCUT2D eigenvalue weighted by Gasteiger charge is -2.06. The maximum atomic E-state index is 10.7.